The van der Waals surface area contributed by atoms with E-state index in [-0.39, 0.29) is 18.0 Å². The number of carbonyl (C=O) groups excluding carboxylic acids is 1. The Labute approximate surface area is 192 Å². The van der Waals surface area contributed by atoms with Crippen molar-refractivity contribution in [3.05, 3.63) is 95.3 Å². The van der Waals surface area contributed by atoms with Crippen LogP contribution in [-0.2, 0) is 11.4 Å². The lowest BCUT2D eigenvalue weighted by Crippen LogP contribution is -2.40. The van der Waals surface area contributed by atoms with Crippen molar-refractivity contribution >= 4 is 17.4 Å². The third kappa shape index (κ3) is 5.68. The summed E-state index contributed by atoms with van der Waals surface area (Å²) in [5.41, 5.74) is 4.23. The van der Waals surface area contributed by atoms with Gasteiger partial charge in [-0.2, -0.15) is 0 Å². The Hall–Kier alpha value is -3.87. The fraction of sp³-hybridized carbons (Fsp3) is 0.231. The second-order valence-electron chi connectivity index (χ2n) is 7.98. The summed E-state index contributed by atoms with van der Waals surface area (Å²) < 4.78 is 18.8. The molecule has 1 atom stereocenters. The molecule has 6 nitrogen and oxygen atoms in total. The third-order valence-corrected chi connectivity index (χ3v) is 5.42. The minimum atomic E-state index is -0.316. The minimum Gasteiger partial charge on any atom is -0.496 e. The Balaban J connectivity index is 1.48. The number of ether oxygens (including phenoxy) is 1. The Bertz CT molecular complexity index is 1150. The highest BCUT2D eigenvalue weighted by molar-refractivity contribution is 6.03. The Kier molecular flexibility index (Phi) is 6.88. The second-order valence-corrected chi connectivity index (χ2v) is 7.98. The van der Waals surface area contributed by atoms with Gasteiger partial charge in [0.15, 0.2) is 6.10 Å². The molecule has 0 aliphatic carbocycles. The third-order valence-electron chi connectivity index (χ3n) is 5.42. The fourth-order valence-corrected chi connectivity index (χ4v) is 3.77. The molecule has 0 spiro atoms. The van der Waals surface area contributed by atoms with Crippen molar-refractivity contribution < 1.29 is 18.8 Å². The van der Waals surface area contributed by atoms with E-state index in [1.54, 1.807) is 24.1 Å². The van der Waals surface area contributed by atoms with Crippen LogP contribution in [0.15, 0.2) is 78.0 Å². The summed E-state index contributed by atoms with van der Waals surface area (Å²) in [6.07, 6.45) is 0.228. The maximum absolute atomic E-state index is 13.4. The number of rotatable bonds is 7. The van der Waals surface area contributed by atoms with Crippen LogP contribution in [0.4, 0.5) is 14.9 Å². The quantitative estimate of drug-likeness (QED) is 0.530. The molecule has 0 bridgehead atoms. The summed E-state index contributed by atoms with van der Waals surface area (Å²) in [4.78, 5) is 20.5. The van der Waals surface area contributed by atoms with E-state index < -0.39 is 0 Å². The first-order chi connectivity index (χ1) is 16.0. The van der Waals surface area contributed by atoms with Gasteiger partial charge in [-0.15, -0.1) is 0 Å². The highest BCUT2D eigenvalue weighted by atomic mass is 19.1. The first kappa shape index (κ1) is 22.3. The van der Waals surface area contributed by atoms with E-state index in [1.165, 1.54) is 12.1 Å². The van der Waals surface area contributed by atoms with Gasteiger partial charge in [0.2, 0.25) is 0 Å². The number of benzene rings is 3. The number of oxime groups is 1. The van der Waals surface area contributed by atoms with Gasteiger partial charge >= 0.3 is 6.03 Å². The van der Waals surface area contributed by atoms with E-state index in [9.17, 15) is 9.18 Å². The molecule has 3 aromatic carbocycles. The summed E-state index contributed by atoms with van der Waals surface area (Å²) in [6.45, 7) is 2.59. The Morgan fingerprint density at radius 3 is 2.70 bits per heavy atom. The number of amides is 2. The monoisotopic (exact) mass is 447 g/mol. The lowest BCUT2D eigenvalue weighted by Gasteiger charge is -2.25. The molecule has 0 aromatic heterocycles. The highest BCUT2D eigenvalue weighted by Crippen LogP contribution is 2.25. The first-order valence-corrected chi connectivity index (χ1v) is 10.7. The zero-order chi connectivity index (χ0) is 23.2. The van der Waals surface area contributed by atoms with E-state index in [2.05, 4.69) is 10.5 Å². The van der Waals surface area contributed by atoms with Crippen molar-refractivity contribution in [3.63, 3.8) is 0 Å². The van der Waals surface area contributed by atoms with E-state index in [1.807, 2.05) is 55.5 Å². The zero-order valence-corrected chi connectivity index (χ0v) is 18.6. The van der Waals surface area contributed by atoms with Crippen LogP contribution < -0.4 is 10.1 Å². The van der Waals surface area contributed by atoms with Gasteiger partial charge in [0.05, 0.1) is 19.4 Å². The molecular formula is C26H26FN3O3. The molecule has 1 unspecified atom stereocenters. The van der Waals surface area contributed by atoms with Crippen molar-refractivity contribution in [1.82, 2.24) is 4.90 Å². The first-order valence-electron chi connectivity index (χ1n) is 10.7. The van der Waals surface area contributed by atoms with Crippen molar-refractivity contribution in [3.8, 4) is 5.75 Å². The summed E-state index contributed by atoms with van der Waals surface area (Å²) in [6, 6.07) is 21.1. The van der Waals surface area contributed by atoms with E-state index in [0.717, 1.165) is 28.2 Å². The van der Waals surface area contributed by atoms with Crippen molar-refractivity contribution in [2.24, 2.45) is 5.16 Å². The van der Waals surface area contributed by atoms with Crippen LogP contribution in [0.3, 0.4) is 0 Å². The average molecular weight is 448 g/mol. The smallest absolute Gasteiger partial charge is 0.322 e. The molecule has 1 aliphatic rings. The van der Waals surface area contributed by atoms with E-state index >= 15 is 0 Å². The lowest BCUT2D eigenvalue weighted by molar-refractivity contribution is 0.0608. The van der Waals surface area contributed by atoms with Crippen LogP contribution in [0, 0.1) is 12.7 Å². The number of halogens is 1. The Morgan fingerprint density at radius 1 is 1.15 bits per heavy atom. The van der Waals surface area contributed by atoms with Gasteiger partial charge in [0.25, 0.3) is 0 Å². The van der Waals surface area contributed by atoms with Crippen LogP contribution >= 0.6 is 0 Å². The molecule has 1 N–H and O–H groups in total. The normalized spacial score (nSPS) is 14.9. The van der Waals surface area contributed by atoms with Gasteiger partial charge in [-0.3, -0.25) is 0 Å². The molecule has 0 saturated carbocycles. The van der Waals surface area contributed by atoms with Gasteiger partial charge in [0, 0.05) is 24.2 Å². The second kappa shape index (κ2) is 10.2. The molecule has 4 rings (SSSR count). The van der Waals surface area contributed by atoms with Crippen LogP contribution in [-0.4, -0.2) is 36.4 Å². The number of anilines is 1. The Morgan fingerprint density at radius 2 is 1.94 bits per heavy atom. The maximum Gasteiger partial charge on any atom is 0.322 e. The summed E-state index contributed by atoms with van der Waals surface area (Å²) in [5, 5.41) is 7.20. The number of para-hydroxylation sites is 1. The summed E-state index contributed by atoms with van der Waals surface area (Å²) in [7, 11) is 1.62. The molecular weight excluding hydrogens is 421 g/mol. The number of methoxy groups -OCH3 is 1. The highest BCUT2D eigenvalue weighted by Gasteiger charge is 2.28. The standard InChI is InChI=1S/C26H26FN3O3/c1-18-6-5-7-21(14-18)28-26(31)30(16-19-10-12-20(27)13-11-19)17-22-15-24(29-33-22)23-8-3-4-9-25(23)32-2/h3-14,22H,15-17H2,1-2H3,(H,28,31). The number of hydrogen-bond acceptors (Lipinski definition) is 4. The van der Waals surface area contributed by atoms with Gasteiger partial charge in [-0.1, -0.05) is 41.6 Å². The van der Waals surface area contributed by atoms with Gasteiger partial charge in [-0.05, 0) is 54.4 Å². The molecule has 0 fully saturated rings. The lowest BCUT2D eigenvalue weighted by atomic mass is 10.0. The van der Waals surface area contributed by atoms with Crippen molar-refractivity contribution in [2.45, 2.75) is 26.0 Å². The molecule has 0 radical (unpaired) electrons. The van der Waals surface area contributed by atoms with Crippen LogP contribution in [0.5, 0.6) is 5.75 Å². The fourth-order valence-electron chi connectivity index (χ4n) is 3.77. The van der Waals surface area contributed by atoms with E-state index in [0.29, 0.717) is 25.2 Å². The van der Waals surface area contributed by atoms with Gasteiger partial charge in [-0.25, -0.2) is 9.18 Å². The molecule has 1 heterocycles. The largest absolute Gasteiger partial charge is 0.496 e. The van der Waals surface area contributed by atoms with Crippen molar-refractivity contribution in [2.75, 3.05) is 19.0 Å². The van der Waals surface area contributed by atoms with Crippen LogP contribution in [0.25, 0.3) is 0 Å². The minimum absolute atomic E-state index is 0.265. The van der Waals surface area contributed by atoms with Crippen molar-refractivity contribution in [1.29, 1.82) is 0 Å². The molecule has 0 saturated heterocycles. The average Bonchev–Trinajstić information content (AvgIpc) is 3.28. The topological polar surface area (TPSA) is 63.2 Å². The number of hydrogen-bond donors (Lipinski definition) is 1. The maximum atomic E-state index is 13.4. The molecule has 7 heteroatoms. The zero-order valence-electron chi connectivity index (χ0n) is 18.6. The molecule has 1 aliphatic heterocycles. The number of nitrogens with one attached hydrogen (secondary N) is 1. The molecule has 33 heavy (non-hydrogen) atoms. The number of aryl methyl sites for hydroxylation is 1. The SMILES string of the molecule is COc1ccccc1C1=NOC(CN(Cc2ccc(F)cc2)C(=O)Nc2cccc(C)c2)C1. The predicted octanol–water partition coefficient (Wildman–Crippen LogP) is 5.37. The summed E-state index contributed by atoms with van der Waals surface area (Å²) >= 11 is 0. The number of nitrogens with zero attached hydrogens (tertiary/aromatic N) is 2. The van der Waals surface area contributed by atoms with Crippen LogP contribution in [0.2, 0.25) is 0 Å². The van der Waals surface area contributed by atoms with E-state index in [4.69, 9.17) is 9.57 Å². The number of urea groups is 1. The molecule has 2 amide bonds. The molecule has 3 aromatic rings. The van der Waals surface area contributed by atoms with Crippen LogP contribution in [0.1, 0.15) is 23.1 Å². The number of carbonyl (C=O) groups is 1. The summed E-state index contributed by atoms with van der Waals surface area (Å²) in [5.74, 6) is 0.407. The predicted molar refractivity (Wildman–Crippen MR) is 126 cm³/mol. The van der Waals surface area contributed by atoms with Gasteiger partial charge < -0.3 is 19.8 Å². The molecule has 170 valence electrons. The van der Waals surface area contributed by atoms with Gasteiger partial charge in [0.1, 0.15) is 11.6 Å².